The summed E-state index contributed by atoms with van der Waals surface area (Å²) in [4.78, 5) is 16.6. The number of anilines is 1. The lowest BCUT2D eigenvalue weighted by Gasteiger charge is -2.11. The topological polar surface area (TPSA) is 56.1 Å². The zero-order valence-corrected chi connectivity index (χ0v) is 12.0. The Labute approximate surface area is 126 Å². The van der Waals surface area contributed by atoms with Crippen LogP contribution in [0.3, 0.4) is 0 Å². The number of fused-ring (bicyclic) bond motifs is 1. The number of halogens is 1. The van der Waals surface area contributed by atoms with E-state index < -0.39 is 0 Å². The van der Waals surface area contributed by atoms with Gasteiger partial charge in [0.05, 0.1) is 23.8 Å². The zero-order valence-electron chi connectivity index (χ0n) is 11.2. The molecule has 3 rings (SSSR count). The van der Waals surface area contributed by atoms with Gasteiger partial charge in [-0.2, -0.15) is 0 Å². The zero-order chi connectivity index (χ0) is 14.8. The Hall–Kier alpha value is -2.53. The molecule has 3 aromatic rings. The van der Waals surface area contributed by atoms with Gasteiger partial charge >= 0.3 is 6.03 Å². The lowest BCUT2D eigenvalue weighted by molar-refractivity contribution is 0.254. The van der Waals surface area contributed by atoms with Gasteiger partial charge in [-0.25, -0.2) is 9.78 Å². The minimum atomic E-state index is -0.329. The Kier molecular flexibility index (Phi) is 3.50. The van der Waals surface area contributed by atoms with Crippen LogP contribution in [0.15, 0.2) is 48.8 Å². The van der Waals surface area contributed by atoms with Gasteiger partial charge in [0.2, 0.25) is 0 Å². The van der Waals surface area contributed by atoms with E-state index in [4.69, 9.17) is 16.3 Å². The second-order valence-corrected chi connectivity index (χ2v) is 4.81. The number of imidazole rings is 1. The largest absolute Gasteiger partial charge is 0.495 e. The van der Waals surface area contributed by atoms with Crippen molar-refractivity contribution in [1.82, 2.24) is 9.55 Å². The molecular formula is C15H12ClN3O2. The predicted molar refractivity (Wildman–Crippen MR) is 82.2 cm³/mol. The molecule has 1 amide bonds. The summed E-state index contributed by atoms with van der Waals surface area (Å²) in [7, 11) is 1.53. The van der Waals surface area contributed by atoms with Crippen LogP contribution in [0.4, 0.5) is 10.5 Å². The number of hydrogen-bond acceptors (Lipinski definition) is 3. The first kappa shape index (κ1) is 13.5. The Morgan fingerprint density at radius 2 is 2.10 bits per heavy atom. The number of hydrogen-bond donors (Lipinski definition) is 1. The molecule has 21 heavy (non-hydrogen) atoms. The average Bonchev–Trinajstić information content (AvgIpc) is 2.91. The maximum Gasteiger partial charge on any atom is 0.331 e. The van der Waals surface area contributed by atoms with Crippen LogP contribution in [0.1, 0.15) is 0 Å². The van der Waals surface area contributed by atoms with E-state index in [9.17, 15) is 4.79 Å². The molecule has 0 aliphatic carbocycles. The van der Waals surface area contributed by atoms with Crippen molar-refractivity contribution in [1.29, 1.82) is 0 Å². The van der Waals surface area contributed by atoms with Gasteiger partial charge in [-0.3, -0.25) is 4.57 Å². The molecule has 1 heterocycles. The highest BCUT2D eigenvalue weighted by Crippen LogP contribution is 2.28. The molecule has 0 spiro atoms. The monoisotopic (exact) mass is 301 g/mol. The Balaban J connectivity index is 1.95. The summed E-state index contributed by atoms with van der Waals surface area (Å²) < 4.78 is 6.65. The third-order valence-electron chi connectivity index (χ3n) is 3.08. The van der Waals surface area contributed by atoms with Crippen molar-refractivity contribution < 1.29 is 9.53 Å². The molecule has 1 aromatic heterocycles. The van der Waals surface area contributed by atoms with Gasteiger partial charge in [0, 0.05) is 5.02 Å². The molecule has 106 valence electrons. The van der Waals surface area contributed by atoms with Gasteiger partial charge in [0.1, 0.15) is 12.1 Å². The number of carbonyl (C=O) groups excluding carboxylic acids is 1. The summed E-state index contributed by atoms with van der Waals surface area (Å²) in [5.41, 5.74) is 1.99. The molecule has 0 atom stereocenters. The SMILES string of the molecule is COc1ccc(Cl)cc1NC(=O)n1cnc2ccccc21. The third-order valence-corrected chi connectivity index (χ3v) is 3.31. The van der Waals surface area contributed by atoms with E-state index in [-0.39, 0.29) is 6.03 Å². The minimum Gasteiger partial charge on any atom is -0.495 e. The van der Waals surface area contributed by atoms with E-state index >= 15 is 0 Å². The van der Waals surface area contributed by atoms with Gasteiger partial charge in [-0.1, -0.05) is 23.7 Å². The third kappa shape index (κ3) is 2.55. The molecule has 0 fully saturated rings. The van der Waals surface area contributed by atoms with E-state index in [0.29, 0.717) is 16.5 Å². The van der Waals surface area contributed by atoms with E-state index in [1.165, 1.54) is 18.0 Å². The molecule has 0 radical (unpaired) electrons. The van der Waals surface area contributed by atoms with Crippen LogP contribution in [0.25, 0.3) is 11.0 Å². The van der Waals surface area contributed by atoms with Crippen LogP contribution in [0.5, 0.6) is 5.75 Å². The lowest BCUT2D eigenvalue weighted by atomic mass is 10.3. The van der Waals surface area contributed by atoms with Crippen LogP contribution in [-0.4, -0.2) is 22.7 Å². The van der Waals surface area contributed by atoms with E-state index in [2.05, 4.69) is 10.3 Å². The minimum absolute atomic E-state index is 0.329. The number of aromatic nitrogens is 2. The molecule has 1 N–H and O–H groups in total. The van der Waals surface area contributed by atoms with Crippen molar-refractivity contribution in [3.05, 3.63) is 53.8 Å². The quantitative estimate of drug-likeness (QED) is 0.783. The molecule has 6 heteroatoms. The fourth-order valence-electron chi connectivity index (χ4n) is 2.07. The van der Waals surface area contributed by atoms with Crippen molar-refractivity contribution in [3.63, 3.8) is 0 Å². The lowest BCUT2D eigenvalue weighted by Crippen LogP contribution is -2.18. The number of amides is 1. The highest BCUT2D eigenvalue weighted by molar-refractivity contribution is 6.31. The molecule has 2 aromatic carbocycles. The van der Waals surface area contributed by atoms with Crippen molar-refractivity contribution >= 4 is 34.4 Å². The summed E-state index contributed by atoms with van der Waals surface area (Å²) in [6, 6.07) is 12.1. The normalized spacial score (nSPS) is 10.6. The van der Waals surface area contributed by atoms with Gasteiger partial charge in [-0.05, 0) is 30.3 Å². The molecule has 0 bridgehead atoms. The van der Waals surface area contributed by atoms with Crippen molar-refractivity contribution in [2.24, 2.45) is 0 Å². The van der Waals surface area contributed by atoms with Gasteiger partial charge in [-0.15, -0.1) is 0 Å². The van der Waals surface area contributed by atoms with Crippen LogP contribution < -0.4 is 10.1 Å². The summed E-state index contributed by atoms with van der Waals surface area (Å²) in [5, 5.41) is 3.29. The van der Waals surface area contributed by atoms with Gasteiger partial charge in [0.15, 0.2) is 0 Å². The first-order valence-corrected chi connectivity index (χ1v) is 6.64. The number of carbonyl (C=O) groups is 1. The fraction of sp³-hybridized carbons (Fsp3) is 0.0667. The van der Waals surface area contributed by atoms with Gasteiger partial charge in [0.25, 0.3) is 0 Å². The second-order valence-electron chi connectivity index (χ2n) is 4.38. The summed E-state index contributed by atoms with van der Waals surface area (Å²) in [5.74, 6) is 0.539. The first-order valence-electron chi connectivity index (χ1n) is 6.26. The van der Waals surface area contributed by atoms with Crippen LogP contribution >= 0.6 is 11.6 Å². The molecule has 0 saturated carbocycles. The maximum absolute atomic E-state index is 12.4. The number of methoxy groups -OCH3 is 1. The van der Waals surface area contributed by atoms with Crippen LogP contribution in [0.2, 0.25) is 5.02 Å². The Bertz CT molecular complexity index is 814. The number of rotatable bonds is 2. The van der Waals surface area contributed by atoms with Crippen LogP contribution in [0, 0.1) is 0 Å². The van der Waals surface area contributed by atoms with E-state index in [1.807, 2.05) is 24.3 Å². The highest BCUT2D eigenvalue weighted by Gasteiger charge is 2.12. The fourth-order valence-corrected chi connectivity index (χ4v) is 2.25. The van der Waals surface area contributed by atoms with Crippen molar-refractivity contribution in [2.45, 2.75) is 0 Å². The Morgan fingerprint density at radius 3 is 2.90 bits per heavy atom. The standard InChI is InChI=1S/C15H12ClN3O2/c1-21-14-7-6-10(16)8-12(14)18-15(20)19-9-17-11-4-2-3-5-13(11)19/h2-9H,1H3,(H,18,20). The van der Waals surface area contributed by atoms with E-state index in [1.54, 1.807) is 18.2 Å². The predicted octanol–water partition coefficient (Wildman–Crippen LogP) is 3.78. The number of benzene rings is 2. The summed E-state index contributed by atoms with van der Waals surface area (Å²) >= 11 is 5.95. The smallest absolute Gasteiger partial charge is 0.331 e. The number of nitrogens with zero attached hydrogens (tertiary/aromatic N) is 2. The molecular weight excluding hydrogens is 290 g/mol. The second kappa shape index (κ2) is 5.46. The van der Waals surface area contributed by atoms with Crippen LogP contribution in [-0.2, 0) is 0 Å². The van der Waals surface area contributed by atoms with Crippen molar-refractivity contribution in [3.8, 4) is 5.75 Å². The highest BCUT2D eigenvalue weighted by atomic mass is 35.5. The van der Waals surface area contributed by atoms with E-state index in [0.717, 1.165) is 11.0 Å². The molecule has 0 unspecified atom stereocenters. The molecule has 0 saturated heterocycles. The molecule has 0 aliphatic rings. The van der Waals surface area contributed by atoms with Gasteiger partial charge < -0.3 is 10.1 Å². The number of ether oxygens (including phenoxy) is 1. The maximum atomic E-state index is 12.4. The molecule has 5 nitrogen and oxygen atoms in total. The number of nitrogens with one attached hydrogen (secondary N) is 1. The average molecular weight is 302 g/mol. The molecule has 0 aliphatic heterocycles. The van der Waals surface area contributed by atoms with Crippen molar-refractivity contribution in [2.75, 3.05) is 12.4 Å². The summed E-state index contributed by atoms with van der Waals surface area (Å²) in [6.45, 7) is 0. The number of para-hydroxylation sites is 2. The first-order chi connectivity index (χ1) is 10.2. The Morgan fingerprint density at radius 1 is 1.29 bits per heavy atom. The summed E-state index contributed by atoms with van der Waals surface area (Å²) in [6.07, 6.45) is 1.48.